The second-order valence-electron chi connectivity index (χ2n) is 4.91. The standard InChI is InChI=1S/C17H20N2O/c1-13-5-7-14(8-6-13)17-11-16(20-4)10-9-15(17)12-18-19(2)3/h5-12H,1-4H3/b18-12+. The Morgan fingerprint density at radius 3 is 2.35 bits per heavy atom. The SMILES string of the molecule is COc1ccc(/C=N/N(C)C)c(-c2ccc(C)cc2)c1. The van der Waals surface area contributed by atoms with E-state index in [0.717, 1.165) is 22.4 Å². The predicted molar refractivity (Wildman–Crippen MR) is 84.4 cm³/mol. The molecule has 0 heterocycles. The molecule has 0 saturated carbocycles. The molecule has 0 aliphatic rings. The molecule has 2 rings (SSSR count). The first-order chi connectivity index (χ1) is 9.60. The maximum atomic E-state index is 5.33. The van der Waals surface area contributed by atoms with Crippen molar-refractivity contribution in [1.29, 1.82) is 0 Å². The van der Waals surface area contributed by atoms with Gasteiger partial charge in [0.25, 0.3) is 0 Å². The van der Waals surface area contributed by atoms with Gasteiger partial charge in [-0.1, -0.05) is 29.8 Å². The maximum absolute atomic E-state index is 5.33. The lowest BCUT2D eigenvalue weighted by Crippen LogP contribution is -2.02. The third kappa shape index (κ3) is 3.38. The highest BCUT2D eigenvalue weighted by Crippen LogP contribution is 2.27. The molecule has 0 bridgehead atoms. The Kier molecular flexibility index (Phi) is 4.41. The van der Waals surface area contributed by atoms with Crippen molar-refractivity contribution < 1.29 is 4.74 Å². The Balaban J connectivity index is 2.49. The molecule has 2 aromatic rings. The number of benzene rings is 2. The van der Waals surface area contributed by atoms with Crippen LogP contribution in [0.3, 0.4) is 0 Å². The van der Waals surface area contributed by atoms with E-state index < -0.39 is 0 Å². The van der Waals surface area contributed by atoms with Crippen molar-refractivity contribution in [1.82, 2.24) is 5.01 Å². The summed E-state index contributed by atoms with van der Waals surface area (Å²) in [6, 6.07) is 14.5. The van der Waals surface area contributed by atoms with Gasteiger partial charge >= 0.3 is 0 Å². The molecular weight excluding hydrogens is 248 g/mol. The van der Waals surface area contributed by atoms with E-state index in [0.29, 0.717) is 0 Å². The number of rotatable bonds is 4. The highest BCUT2D eigenvalue weighted by molar-refractivity contribution is 5.90. The van der Waals surface area contributed by atoms with Crippen LogP contribution in [0, 0.1) is 6.92 Å². The molecule has 0 aliphatic heterocycles. The van der Waals surface area contributed by atoms with E-state index in [2.05, 4.69) is 36.3 Å². The fourth-order valence-electron chi connectivity index (χ4n) is 1.94. The molecule has 0 aromatic heterocycles. The fourth-order valence-corrected chi connectivity index (χ4v) is 1.94. The van der Waals surface area contributed by atoms with Crippen LogP contribution in [-0.2, 0) is 0 Å². The lowest BCUT2D eigenvalue weighted by molar-refractivity contribution is 0.415. The molecule has 0 N–H and O–H groups in total. The molecule has 0 atom stereocenters. The molecule has 0 unspecified atom stereocenters. The number of hydrazone groups is 1. The van der Waals surface area contributed by atoms with E-state index in [1.165, 1.54) is 5.56 Å². The summed E-state index contributed by atoms with van der Waals surface area (Å²) in [5.74, 6) is 0.850. The van der Waals surface area contributed by atoms with Gasteiger partial charge in [-0.15, -0.1) is 0 Å². The van der Waals surface area contributed by atoms with Crippen LogP contribution in [0.5, 0.6) is 5.75 Å². The van der Waals surface area contributed by atoms with Gasteiger partial charge in [0.1, 0.15) is 5.75 Å². The Bertz CT molecular complexity index is 601. The normalized spacial score (nSPS) is 10.8. The van der Waals surface area contributed by atoms with Crippen molar-refractivity contribution in [2.24, 2.45) is 5.10 Å². The minimum Gasteiger partial charge on any atom is -0.497 e. The third-order valence-electron chi connectivity index (χ3n) is 3.05. The average molecular weight is 268 g/mol. The molecule has 104 valence electrons. The fraction of sp³-hybridized carbons (Fsp3) is 0.235. The zero-order valence-corrected chi connectivity index (χ0v) is 12.4. The number of aryl methyl sites for hydroxylation is 1. The molecular formula is C17H20N2O. The second kappa shape index (κ2) is 6.24. The van der Waals surface area contributed by atoms with Gasteiger partial charge in [-0.25, -0.2) is 0 Å². The van der Waals surface area contributed by atoms with E-state index in [9.17, 15) is 0 Å². The van der Waals surface area contributed by atoms with Crippen LogP contribution in [-0.4, -0.2) is 32.4 Å². The molecule has 0 aliphatic carbocycles. The highest BCUT2D eigenvalue weighted by Gasteiger charge is 2.06. The molecule has 3 nitrogen and oxygen atoms in total. The highest BCUT2D eigenvalue weighted by atomic mass is 16.5. The van der Waals surface area contributed by atoms with Crippen molar-refractivity contribution in [3.05, 3.63) is 53.6 Å². The van der Waals surface area contributed by atoms with Crippen LogP contribution in [0.2, 0.25) is 0 Å². The predicted octanol–water partition coefficient (Wildman–Crippen LogP) is 3.57. The number of nitrogens with zero attached hydrogens (tertiary/aromatic N) is 2. The first-order valence-corrected chi connectivity index (χ1v) is 6.56. The van der Waals surface area contributed by atoms with Gasteiger partial charge in [0.2, 0.25) is 0 Å². The smallest absolute Gasteiger partial charge is 0.119 e. The third-order valence-corrected chi connectivity index (χ3v) is 3.05. The largest absolute Gasteiger partial charge is 0.497 e. The monoisotopic (exact) mass is 268 g/mol. The van der Waals surface area contributed by atoms with Gasteiger partial charge in [0, 0.05) is 19.7 Å². The Labute approximate surface area is 120 Å². The molecule has 0 saturated heterocycles. The van der Waals surface area contributed by atoms with E-state index in [4.69, 9.17) is 4.74 Å². The summed E-state index contributed by atoms with van der Waals surface area (Å²) in [6.45, 7) is 2.09. The Hall–Kier alpha value is -2.29. The van der Waals surface area contributed by atoms with E-state index in [-0.39, 0.29) is 0 Å². The number of hydrogen-bond donors (Lipinski definition) is 0. The van der Waals surface area contributed by atoms with Gasteiger partial charge < -0.3 is 9.75 Å². The van der Waals surface area contributed by atoms with Crippen molar-refractivity contribution >= 4 is 6.21 Å². The van der Waals surface area contributed by atoms with E-state index in [1.54, 1.807) is 12.1 Å². The van der Waals surface area contributed by atoms with E-state index in [1.807, 2.05) is 38.5 Å². The van der Waals surface area contributed by atoms with Crippen LogP contribution in [0.25, 0.3) is 11.1 Å². The minimum atomic E-state index is 0.850. The van der Waals surface area contributed by atoms with Crippen molar-refractivity contribution in [3.63, 3.8) is 0 Å². The molecule has 0 radical (unpaired) electrons. The summed E-state index contributed by atoms with van der Waals surface area (Å²) in [5.41, 5.74) is 4.60. The Morgan fingerprint density at radius 2 is 1.75 bits per heavy atom. The summed E-state index contributed by atoms with van der Waals surface area (Å²) in [7, 11) is 5.50. The maximum Gasteiger partial charge on any atom is 0.119 e. The van der Waals surface area contributed by atoms with Crippen LogP contribution >= 0.6 is 0 Å². The molecule has 2 aromatic carbocycles. The lowest BCUT2D eigenvalue weighted by Gasteiger charge is -2.10. The summed E-state index contributed by atoms with van der Waals surface area (Å²) in [6.07, 6.45) is 1.87. The van der Waals surface area contributed by atoms with Crippen LogP contribution in [0.4, 0.5) is 0 Å². The quantitative estimate of drug-likeness (QED) is 0.625. The number of ether oxygens (including phenoxy) is 1. The van der Waals surface area contributed by atoms with Gasteiger partial charge in [0.15, 0.2) is 0 Å². The zero-order valence-electron chi connectivity index (χ0n) is 12.4. The summed E-state index contributed by atoms with van der Waals surface area (Å²) >= 11 is 0. The van der Waals surface area contributed by atoms with Crippen LogP contribution in [0.15, 0.2) is 47.6 Å². The zero-order chi connectivity index (χ0) is 14.5. The second-order valence-corrected chi connectivity index (χ2v) is 4.91. The molecule has 0 fully saturated rings. The molecule has 0 spiro atoms. The molecule has 20 heavy (non-hydrogen) atoms. The first-order valence-electron chi connectivity index (χ1n) is 6.56. The minimum absolute atomic E-state index is 0.850. The van der Waals surface area contributed by atoms with E-state index >= 15 is 0 Å². The number of hydrogen-bond acceptors (Lipinski definition) is 3. The van der Waals surface area contributed by atoms with Crippen molar-refractivity contribution in [2.45, 2.75) is 6.92 Å². The molecule has 0 amide bonds. The topological polar surface area (TPSA) is 24.8 Å². The molecule has 3 heteroatoms. The van der Waals surface area contributed by atoms with Crippen molar-refractivity contribution in [2.75, 3.05) is 21.2 Å². The van der Waals surface area contributed by atoms with Crippen LogP contribution in [0.1, 0.15) is 11.1 Å². The van der Waals surface area contributed by atoms with Gasteiger partial charge in [-0.3, -0.25) is 0 Å². The van der Waals surface area contributed by atoms with Crippen molar-refractivity contribution in [3.8, 4) is 16.9 Å². The summed E-state index contributed by atoms with van der Waals surface area (Å²) in [5, 5.41) is 6.10. The summed E-state index contributed by atoms with van der Waals surface area (Å²) < 4.78 is 5.33. The van der Waals surface area contributed by atoms with Gasteiger partial charge in [-0.2, -0.15) is 5.10 Å². The number of methoxy groups -OCH3 is 1. The van der Waals surface area contributed by atoms with Gasteiger partial charge in [-0.05, 0) is 36.2 Å². The average Bonchev–Trinajstić information content (AvgIpc) is 2.45. The Morgan fingerprint density at radius 1 is 1.05 bits per heavy atom. The summed E-state index contributed by atoms with van der Waals surface area (Å²) in [4.78, 5) is 0. The lowest BCUT2D eigenvalue weighted by atomic mass is 9.99. The van der Waals surface area contributed by atoms with Gasteiger partial charge in [0.05, 0.1) is 13.3 Å². The van der Waals surface area contributed by atoms with Crippen LogP contribution < -0.4 is 4.74 Å². The first kappa shape index (κ1) is 14.1.